The van der Waals surface area contributed by atoms with Crippen LogP contribution >= 0.6 is 0 Å². The van der Waals surface area contributed by atoms with Crippen molar-refractivity contribution in [3.8, 4) is 11.1 Å². The predicted octanol–water partition coefficient (Wildman–Crippen LogP) is 3.30. The number of aryl methyl sites for hydroxylation is 1. The molecule has 0 radical (unpaired) electrons. The van der Waals surface area contributed by atoms with E-state index >= 15 is 0 Å². The first kappa shape index (κ1) is 17.0. The SMILES string of the molecule is CC(=O)Nc1cccc(-c2cnc(N3CCN(C4CC4)CC3)cc2C)c1. The van der Waals surface area contributed by atoms with E-state index in [1.165, 1.54) is 25.3 Å². The van der Waals surface area contributed by atoms with Gasteiger partial charge in [-0.05, 0) is 49.1 Å². The van der Waals surface area contributed by atoms with Crippen LogP contribution in [0.3, 0.4) is 0 Å². The van der Waals surface area contributed by atoms with Crippen LogP contribution in [-0.2, 0) is 4.79 Å². The van der Waals surface area contributed by atoms with Crippen molar-refractivity contribution in [2.75, 3.05) is 36.4 Å². The number of carbonyl (C=O) groups excluding carboxylic acids is 1. The fourth-order valence-corrected chi connectivity index (χ4v) is 3.74. The Labute approximate surface area is 155 Å². The van der Waals surface area contributed by atoms with Crippen molar-refractivity contribution in [3.05, 3.63) is 42.1 Å². The third-order valence-corrected chi connectivity index (χ3v) is 5.29. The van der Waals surface area contributed by atoms with Gasteiger partial charge < -0.3 is 10.2 Å². The highest BCUT2D eigenvalue weighted by Gasteiger charge is 2.31. The van der Waals surface area contributed by atoms with Crippen molar-refractivity contribution in [1.29, 1.82) is 0 Å². The number of carbonyl (C=O) groups is 1. The summed E-state index contributed by atoms with van der Waals surface area (Å²) in [4.78, 5) is 21.0. The van der Waals surface area contributed by atoms with Gasteiger partial charge in [0.15, 0.2) is 0 Å². The molecule has 2 aromatic rings. The van der Waals surface area contributed by atoms with Crippen molar-refractivity contribution in [3.63, 3.8) is 0 Å². The monoisotopic (exact) mass is 350 g/mol. The lowest BCUT2D eigenvalue weighted by Gasteiger charge is -2.35. The third-order valence-electron chi connectivity index (χ3n) is 5.29. The quantitative estimate of drug-likeness (QED) is 0.919. The first-order valence-electron chi connectivity index (χ1n) is 9.44. The molecule has 1 aromatic carbocycles. The number of anilines is 2. The minimum atomic E-state index is -0.0577. The third kappa shape index (κ3) is 3.73. The molecule has 136 valence electrons. The number of hydrogen-bond acceptors (Lipinski definition) is 4. The number of rotatable bonds is 4. The maximum Gasteiger partial charge on any atom is 0.221 e. The van der Waals surface area contributed by atoms with Gasteiger partial charge in [-0.1, -0.05) is 12.1 Å². The molecule has 4 rings (SSSR count). The van der Waals surface area contributed by atoms with Crippen LogP contribution in [0.2, 0.25) is 0 Å². The molecule has 1 saturated carbocycles. The standard InChI is InChI=1S/C21H26N4O/c1-15-12-21(25-10-8-24(9-11-25)19-6-7-19)22-14-20(15)17-4-3-5-18(13-17)23-16(2)26/h3-5,12-14,19H,6-11H2,1-2H3,(H,23,26). The average Bonchev–Trinajstić information content (AvgIpc) is 3.46. The lowest BCUT2D eigenvalue weighted by molar-refractivity contribution is -0.114. The first-order valence-corrected chi connectivity index (χ1v) is 9.44. The lowest BCUT2D eigenvalue weighted by atomic mass is 10.0. The van der Waals surface area contributed by atoms with Crippen LogP contribution in [-0.4, -0.2) is 48.0 Å². The number of nitrogens with zero attached hydrogens (tertiary/aromatic N) is 3. The number of benzene rings is 1. The van der Waals surface area contributed by atoms with Gasteiger partial charge in [-0.25, -0.2) is 4.98 Å². The maximum absolute atomic E-state index is 11.3. The summed E-state index contributed by atoms with van der Waals surface area (Å²) in [5.41, 5.74) is 4.21. The summed E-state index contributed by atoms with van der Waals surface area (Å²) in [7, 11) is 0. The molecule has 2 aliphatic rings. The van der Waals surface area contributed by atoms with Gasteiger partial charge in [0.1, 0.15) is 5.82 Å². The van der Waals surface area contributed by atoms with E-state index in [1.54, 1.807) is 0 Å². The van der Waals surface area contributed by atoms with E-state index in [4.69, 9.17) is 4.98 Å². The summed E-state index contributed by atoms with van der Waals surface area (Å²) in [6.45, 7) is 8.06. The van der Waals surface area contributed by atoms with E-state index in [1.807, 2.05) is 24.4 Å². The summed E-state index contributed by atoms with van der Waals surface area (Å²) in [5.74, 6) is 1.01. The van der Waals surface area contributed by atoms with Crippen LogP contribution in [0.15, 0.2) is 36.5 Å². The van der Waals surface area contributed by atoms with Crippen LogP contribution in [0.1, 0.15) is 25.3 Å². The Hall–Kier alpha value is -2.40. The van der Waals surface area contributed by atoms with Crippen molar-refractivity contribution in [2.45, 2.75) is 32.7 Å². The summed E-state index contributed by atoms with van der Waals surface area (Å²) in [6.07, 6.45) is 4.72. The minimum absolute atomic E-state index is 0.0577. The molecule has 2 fully saturated rings. The Morgan fingerprint density at radius 3 is 2.58 bits per heavy atom. The summed E-state index contributed by atoms with van der Waals surface area (Å²) < 4.78 is 0. The minimum Gasteiger partial charge on any atom is -0.354 e. The van der Waals surface area contributed by atoms with Gasteiger partial charge in [0, 0.05) is 56.6 Å². The Morgan fingerprint density at radius 2 is 1.92 bits per heavy atom. The van der Waals surface area contributed by atoms with Gasteiger partial charge in [-0.3, -0.25) is 9.69 Å². The van der Waals surface area contributed by atoms with Crippen LogP contribution in [0.25, 0.3) is 11.1 Å². The van der Waals surface area contributed by atoms with E-state index in [2.05, 4.69) is 34.2 Å². The van der Waals surface area contributed by atoms with Crippen LogP contribution in [0.5, 0.6) is 0 Å². The molecule has 1 N–H and O–H groups in total. The van der Waals surface area contributed by atoms with Crippen molar-refractivity contribution in [2.24, 2.45) is 0 Å². The normalized spacial score (nSPS) is 18.0. The molecule has 5 heteroatoms. The topological polar surface area (TPSA) is 48.5 Å². The molecule has 0 unspecified atom stereocenters. The van der Waals surface area contributed by atoms with E-state index in [0.29, 0.717) is 0 Å². The summed E-state index contributed by atoms with van der Waals surface area (Å²) in [5, 5.41) is 2.84. The smallest absolute Gasteiger partial charge is 0.221 e. The predicted molar refractivity (Wildman–Crippen MR) is 106 cm³/mol. The molecular formula is C21H26N4O. The highest BCUT2D eigenvalue weighted by atomic mass is 16.1. The number of nitrogens with one attached hydrogen (secondary N) is 1. The fraction of sp³-hybridized carbons (Fsp3) is 0.429. The number of aromatic nitrogens is 1. The molecule has 1 aliphatic heterocycles. The zero-order valence-corrected chi connectivity index (χ0v) is 15.5. The molecule has 0 atom stereocenters. The van der Waals surface area contributed by atoms with E-state index in [9.17, 15) is 4.79 Å². The average molecular weight is 350 g/mol. The lowest BCUT2D eigenvalue weighted by Crippen LogP contribution is -2.47. The molecule has 26 heavy (non-hydrogen) atoms. The Bertz CT molecular complexity index is 807. The van der Waals surface area contributed by atoms with Gasteiger partial charge in [0.2, 0.25) is 5.91 Å². The van der Waals surface area contributed by atoms with E-state index in [-0.39, 0.29) is 5.91 Å². The molecule has 0 bridgehead atoms. The van der Waals surface area contributed by atoms with Gasteiger partial charge in [0.25, 0.3) is 0 Å². The molecule has 5 nitrogen and oxygen atoms in total. The number of pyridine rings is 1. The first-order chi connectivity index (χ1) is 12.6. The zero-order valence-electron chi connectivity index (χ0n) is 15.5. The molecule has 2 heterocycles. The van der Waals surface area contributed by atoms with Crippen molar-refractivity contribution in [1.82, 2.24) is 9.88 Å². The van der Waals surface area contributed by atoms with Crippen LogP contribution in [0, 0.1) is 6.92 Å². The zero-order chi connectivity index (χ0) is 18.1. The van der Waals surface area contributed by atoms with Crippen LogP contribution < -0.4 is 10.2 Å². The van der Waals surface area contributed by atoms with Crippen molar-refractivity contribution < 1.29 is 4.79 Å². The van der Waals surface area contributed by atoms with Gasteiger partial charge in [0.05, 0.1) is 0 Å². The Morgan fingerprint density at radius 1 is 1.15 bits per heavy atom. The van der Waals surface area contributed by atoms with E-state index in [0.717, 1.165) is 54.9 Å². The second-order valence-corrected chi connectivity index (χ2v) is 7.37. The van der Waals surface area contributed by atoms with Gasteiger partial charge in [-0.15, -0.1) is 0 Å². The second-order valence-electron chi connectivity index (χ2n) is 7.37. The molecule has 1 aromatic heterocycles. The summed E-state index contributed by atoms with van der Waals surface area (Å²) >= 11 is 0. The Kier molecular flexibility index (Phi) is 4.64. The van der Waals surface area contributed by atoms with Gasteiger partial charge >= 0.3 is 0 Å². The van der Waals surface area contributed by atoms with Gasteiger partial charge in [-0.2, -0.15) is 0 Å². The number of piperazine rings is 1. The highest BCUT2D eigenvalue weighted by Crippen LogP contribution is 2.30. The molecule has 0 spiro atoms. The van der Waals surface area contributed by atoms with Crippen molar-refractivity contribution >= 4 is 17.4 Å². The molecule has 1 amide bonds. The maximum atomic E-state index is 11.3. The number of hydrogen-bond donors (Lipinski definition) is 1. The summed E-state index contributed by atoms with van der Waals surface area (Å²) in [6, 6.07) is 11.0. The number of amides is 1. The molecule has 1 saturated heterocycles. The largest absolute Gasteiger partial charge is 0.354 e. The van der Waals surface area contributed by atoms with E-state index < -0.39 is 0 Å². The second kappa shape index (κ2) is 7.08. The molecule has 1 aliphatic carbocycles. The van der Waals surface area contributed by atoms with Crippen LogP contribution in [0.4, 0.5) is 11.5 Å². The fourth-order valence-electron chi connectivity index (χ4n) is 3.74. The Balaban J connectivity index is 1.50. The highest BCUT2D eigenvalue weighted by molar-refractivity contribution is 5.89. The molecular weight excluding hydrogens is 324 g/mol.